The Hall–Kier alpha value is -2.31. The third kappa shape index (κ3) is 6.20. The van der Waals surface area contributed by atoms with Gasteiger partial charge in [0.15, 0.2) is 0 Å². The highest BCUT2D eigenvalue weighted by Crippen LogP contribution is 2.22. The van der Waals surface area contributed by atoms with Gasteiger partial charge in [0, 0.05) is 18.8 Å². The van der Waals surface area contributed by atoms with E-state index in [-0.39, 0.29) is 18.3 Å². The molecule has 0 bridgehead atoms. The monoisotopic (exact) mass is 379 g/mol. The molecule has 2 aromatic rings. The number of nitrogens with one attached hydrogen (secondary N) is 1. The summed E-state index contributed by atoms with van der Waals surface area (Å²) in [6, 6.07) is 10.9. The molecule has 1 aromatic heterocycles. The van der Waals surface area contributed by atoms with Gasteiger partial charge in [-0.25, -0.2) is 4.98 Å². The smallest absolute Gasteiger partial charge is 0.240 e. The Bertz CT molecular complexity index is 705. The van der Waals surface area contributed by atoms with Gasteiger partial charge in [-0.15, -0.1) is 12.4 Å². The number of hydrogen-bond acceptors (Lipinski definition) is 5. The zero-order valence-electron chi connectivity index (χ0n) is 15.3. The summed E-state index contributed by atoms with van der Waals surface area (Å²) < 4.78 is 10.8. The minimum Gasteiger partial charge on any atom is -0.497 e. The molecule has 1 amide bonds. The first-order chi connectivity index (χ1) is 11.9. The predicted octanol–water partition coefficient (Wildman–Crippen LogP) is 3.44. The first-order valence-electron chi connectivity index (χ1n) is 8.28. The van der Waals surface area contributed by atoms with E-state index in [9.17, 15) is 4.79 Å². The van der Waals surface area contributed by atoms with Gasteiger partial charge in [0.25, 0.3) is 0 Å². The van der Waals surface area contributed by atoms with E-state index in [0.717, 1.165) is 17.7 Å². The first kappa shape index (κ1) is 21.7. The lowest BCUT2D eigenvalue weighted by Gasteiger charge is -2.22. The van der Waals surface area contributed by atoms with Crippen molar-refractivity contribution in [3.63, 3.8) is 0 Å². The Morgan fingerprint density at radius 3 is 2.50 bits per heavy atom. The van der Waals surface area contributed by atoms with Crippen LogP contribution in [0.4, 0.5) is 0 Å². The van der Waals surface area contributed by atoms with E-state index in [0.29, 0.717) is 24.6 Å². The second-order valence-corrected chi connectivity index (χ2v) is 6.13. The van der Waals surface area contributed by atoms with Crippen LogP contribution >= 0.6 is 12.4 Å². The number of amides is 1. The topological polar surface area (TPSA) is 86.5 Å². The highest BCUT2D eigenvalue weighted by molar-refractivity contribution is 5.85. The Morgan fingerprint density at radius 2 is 1.88 bits per heavy atom. The lowest BCUT2D eigenvalue weighted by molar-refractivity contribution is -0.126. The van der Waals surface area contributed by atoms with Crippen molar-refractivity contribution < 1.29 is 14.3 Å². The average Bonchev–Trinajstić information content (AvgIpc) is 2.60. The van der Waals surface area contributed by atoms with Gasteiger partial charge in [-0.05, 0) is 49.2 Å². The second-order valence-electron chi connectivity index (χ2n) is 6.13. The molecule has 1 aromatic carbocycles. The molecule has 0 fully saturated rings. The molecule has 0 radical (unpaired) electrons. The van der Waals surface area contributed by atoms with E-state index in [4.69, 9.17) is 15.2 Å². The fourth-order valence-electron chi connectivity index (χ4n) is 2.40. The van der Waals surface area contributed by atoms with Crippen LogP contribution in [0.5, 0.6) is 17.4 Å². The van der Waals surface area contributed by atoms with Crippen molar-refractivity contribution in [3.05, 3.63) is 48.2 Å². The van der Waals surface area contributed by atoms with Crippen LogP contribution < -0.4 is 20.5 Å². The summed E-state index contributed by atoms with van der Waals surface area (Å²) in [6.07, 6.45) is 3.14. The number of nitrogens with two attached hydrogens (primary N) is 1. The molecule has 3 N–H and O–H groups in total. The normalized spacial score (nSPS) is 12.5. The maximum Gasteiger partial charge on any atom is 0.240 e. The minimum atomic E-state index is -0.857. The van der Waals surface area contributed by atoms with Crippen LogP contribution in [0.2, 0.25) is 0 Å². The highest BCUT2D eigenvalue weighted by Gasteiger charge is 2.26. The van der Waals surface area contributed by atoms with Crippen LogP contribution in [-0.2, 0) is 11.3 Å². The van der Waals surface area contributed by atoms with Crippen LogP contribution in [0, 0.1) is 0 Å². The Labute approximate surface area is 160 Å². The highest BCUT2D eigenvalue weighted by atomic mass is 35.5. The zero-order valence-corrected chi connectivity index (χ0v) is 16.1. The van der Waals surface area contributed by atoms with E-state index in [2.05, 4.69) is 10.3 Å². The van der Waals surface area contributed by atoms with Gasteiger partial charge in [0.2, 0.25) is 11.8 Å². The maximum atomic E-state index is 12.2. The van der Waals surface area contributed by atoms with Crippen molar-refractivity contribution in [2.45, 2.75) is 38.8 Å². The van der Waals surface area contributed by atoms with Crippen molar-refractivity contribution in [1.82, 2.24) is 10.3 Å². The van der Waals surface area contributed by atoms with E-state index >= 15 is 0 Å². The van der Waals surface area contributed by atoms with Crippen LogP contribution in [0.1, 0.15) is 32.3 Å². The van der Waals surface area contributed by atoms with Crippen LogP contribution in [0.3, 0.4) is 0 Å². The van der Waals surface area contributed by atoms with Gasteiger partial charge in [0.05, 0.1) is 12.6 Å². The van der Waals surface area contributed by atoms with Gasteiger partial charge >= 0.3 is 0 Å². The molecule has 6 nitrogen and oxygen atoms in total. The molecule has 0 aliphatic heterocycles. The third-order valence-electron chi connectivity index (χ3n) is 3.82. The lowest BCUT2D eigenvalue weighted by Crippen LogP contribution is -2.51. The number of carbonyl (C=O) groups is 1. The summed E-state index contributed by atoms with van der Waals surface area (Å²) in [7, 11) is 1.61. The van der Waals surface area contributed by atoms with Gasteiger partial charge in [0.1, 0.15) is 11.5 Å². The van der Waals surface area contributed by atoms with Crippen molar-refractivity contribution in [2.24, 2.45) is 5.73 Å². The summed E-state index contributed by atoms with van der Waals surface area (Å²) in [4.78, 5) is 16.4. The number of ether oxygens (including phenoxy) is 2. The number of aromatic nitrogens is 1. The van der Waals surface area contributed by atoms with E-state index in [1.165, 1.54) is 0 Å². The van der Waals surface area contributed by atoms with Gasteiger partial charge < -0.3 is 20.5 Å². The average molecular weight is 380 g/mol. The molecule has 0 aliphatic rings. The van der Waals surface area contributed by atoms with Crippen LogP contribution in [0.25, 0.3) is 0 Å². The molecule has 142 valence electrons. The number of hydrogen-bond donors (Lipinski definition) is 2. The van der Waals surface area contributed by atoms with Crippen molar-refractivity contribution >= 4 is 18.3 Å². The molecular weight excluding hydrogens is 354 g/mol. The molecule has 0 saturated carbocycles. The standard InChI is InChI=1S/C19H25N3O3.ClH/c1-4-10-19(2,20)18(23)22-13-14-9-11-21-17(12-14)25-16-7-5-15(24-3)6-8-16;/h5-9,11-12H,4,10,13,20H2,1-3H3,(H,22,23);1H. The fraction of sp³-hybridized carbons (Fsp3) is 0.368. The fourth-order valence-corrected chi connectivity index (χ4v) is 2.40. The number of nitrogens with zero attached hydrogens (tertiary/aromatic N) is 1. The summed E-state index contributed by atoms with van der Waals surface area (Å²) in [5.74, 6) is 1.71. The van der Waals surface area contributed by atoms with Crippen molar-refractivity contribution in [1.29, 1.82) is 0 Å². The number of rotatable bonds is 8. The summed E-state index contributed by atoms with van der Waals surface area (Å²) >= 11 is 0. The van der Waals surface area contributed by atoms with Crippen molar-refractivity contribution in [3.8, 4) is 17.4 Å². The Morgan fingerprint density at radius 1 is 1.23 bits per heavy atom. The van der Waals surface area contributed by atoms with Gasteiger partial charge in [-0.1, -0.05) is 13.3 Å². The molecule has 1 atom stereocenters. The Kier molecular flexibility index (Phi) is 8.35. The summed E-state index contributed by atoms with van der Waals surface area (Å²) in [5, 5.41) is 2.87. The van der Waals surface area contributed by atoms with Crippen LogP contribution in [0.15, 0.2) is 42.6 Å². The zero-order chi connectivity index (χ0) is 18.3. The lowest BCUT2D eigenvalue weighted by atomic mass is 9.96. The van der Waals surface area contributed by atoms with Crippen molar-refractivity contribution in [2.75, 3.05) is 7.11 Å². The Balaban J connectivity index is 0.00000338. The molecule has 0 spiro atoms. The molecule has 1 heterocycles. The number of carbonyl (C=O) groups excluding carboxylic acids is 1. The molecule has 7 heteroatoms. The molecule has 2 rings (SSSR count). The molecule has 0 saturated heterocycles. The molecule has 0 aliphatic carbocycles. The predicted molar refractivity (Wildman–Crippen MR) is 104 cm³/mol. The first-order valence-corrected chi connectivity index (χ1v) is 8.28. The minimum absolute atomic E-state index is 0. The van der Waals surface area contributed by atoms with Gasteiger partial charge in [-0.3, -0.25) is 4.79 Å². The summed E-state index contributed by atoms with van der Waals surface area (Å²) in [5.41, 5.74) is 6.06. The molecular formula is C19H26ClN3O3. The number of benzene rings is 1. The molecule has 26 heavy (non-hydrogen) atoms. The van der Waals surface area contributed by atoms with Crippen LogP contribution in [-0.4, -0.2) is 23.5 Å². The third-order valence-corrected chi connectivity index (χ3v) is 3.82. The van der Waals surface area contributed by atoms with E-state index < -0.39 is 5.54 Å². The number of halogens is 1. The van der Waals surface area contributed by atoms with E-state index in [1.54, 1.807) is 38.4 Å². The van der Waals surface area contributed by atoms with E-state index in [1.807, 2.05) is 25.1 Å². The number of pyridine rings is 1. The molecule has 1 unspecified atom stereocenters. The SMILES string of the molecule is CCCC(C)(N)C(=O)NCc1ccnc(Oc2ccc(OC)cc2)c1.Cl. The quantitative estimate of drug-likeness (QED) is 0.733. The largest absolute Gasteiger partial charge is 0.497 e. The second kappa shape index (κ2) is 9.99. The maximum absolute atomic E-state index is 12.2. The number of methoxy groups -OCH3 is 1. The summed E-state index contributed by atoms with van der Waals surface area (Å²) in [6.45, 7) is 4.12. The van der Waals surface area contributed by atoms with Gasteiger partial charge in [-0.2, -0.15) is 0 Å².